The third-order valence-corrected chi connectivity index (χ3v) is 5.86. The molecule has 0 radical (unpaired) electrons. The Morgan fingerprint density at radius 1 is 0.697 bits per heavy atom. The van der Waals surface area contributed by atoms with E-state index in [0.717, 1.165) is 16.7 Å². The minimum atomic E-state index is -0.453. The maximum absolute atomic E-state index is 10.8. The van der Waals surface area contributed by atoms with E-state index in [0.29, 0.717) is 26.4 Å². The number of piperidine rings is 1. The third-order valence-electron chi connectivity index (χ3n) is 5.86. The second-order valence-electron chi connectivity index (χ2n) is 8.21. The molecule has 4 rings (SSSR count). The van der Waals surface area contributed by atoms with Crippen molar-refractivity contribution in [1.82, 2.24) is 5.06 Å². The van der Waals surface area contributed by atoms with E-state index in [4.69, 9.17) is 14.2 Å². The molecule has 0 aromatic heterocycles. The van der Waals surface area contributed by atoms with Gasteiger partial charge in [-0.3, -0.25) is 0 Å². The van der Waals surface area contributed by atoms with Gasteiger partial charge < -0.3 is 19.4 Å². The van der Waals surface area contributed by atoms with Crippen molar-refractivity contribution in [3.63, 3.8) is 0 Å². The van der Waals surface area contributed by atoms with Crippen LogP contribution in [0.5, 0.6) is 0 Å². The first kappa shape index (κ1) is 23.4. The number of benzene rings is 3. The second kappa shape index (κ2) is 11.9. The summed E-state index contributed by atoms with van der Waals surface area (Å²) in [5, 5.41) is 12.0. The molecule has 1 saturated heterocycles. The van der Waals surface area contributed by atoms with Crippen LogP contribution in [-0.4, -0.2) is 41.2 Å². The second-order valence-corrected chi connectivity index (χ2v) is 8.21. The molecule has 0 amide bonds. The van der Waals surface area contributed by atoms with Crippen molar-refractivity contribution < 1.29 is 19.4 Å². The number of nitrogens with zero attached hydrogens (tertiary/aromatic N) is 1. The summed E-state index contributed by atoms with van der Waals surface area (Å²) >= 11 is 0. The number of hydroxylamine groups is 2. The van der Waals surface area contributed by atoms with Gasteiger partial charge in [0.05, 0.1) is 32.4 Å². The van der Waals surface area contributed by atoms with Crippen LogP contribution in [-0.2, 0) is 34.0 Å². The van der Waals surface area contributed by atoms with Crippen molar-refractivity contribution in [3.05, 3.63) is 120 Å². The maximum atomic E-state index is 10.8. The molecular weight excluding hydrogens is 414 g/mol. The van der Waals surface area contributed by atoms with Crippen LogP contribution in [0.2, 0.25) is 0 Å². The Hall–Kier alpha value is -2.80. The lowest BCUT2D eigenvalue weighted by molar-refractivity contribution is -0.256. The summed E-state index contributed by atoms with van der Waals surface area (Å²) in [5.74, 6) is 0. The van der Waals surface area contributed by atoms with Gasteiger partial charge in [0.25, 0.3) is 0 Å². The molecule has 1 heterocycles. The van der Waals surface area contributed by atoms with Gasteiger partial charge in [-0.05, 0) is 16.7 Å². The predicted octanol–water partition coefficient (Wildman–Crippen LogP) is 5.00. The summed E-state index contributed by atoms with van der Waals surface area (Å²) in [5.41, 5.74) is 3.19. The molecule has 0 aliphatic carbocycles. The minimum absolute atomic E-state index is 0.300. The summed E-state index contributed by atoms with van der Waals surface area (Å²) in [6, 6.07) is 29.6. The van der Waals surface area contributed by atoms with Gasteiger partial charge in [-0.1, -0.05) is 97.1 Å². The fourth-order valence-corrected chi connectivity index (χ4v) is 4.10. The van der Waals surface area contributed by atoms with Crippen molar-refractivity contribution >= 4 is 0 Å². The average Bonchev–Trinajstić information content (AvgIpc) is 2.87. The summed E-state index contributed by atoms with van der Waals surface area (Å²) in [6.07, 6.45) is 0.493. The third kappa shape index (κ3) is 6.38. The molecule has 172 valence electrons. The molecule has 0 bridgehead atoms. The molecule has 0 saturated carbocycles. The van der Waals surface area contributed by atoms with Gasteiger partial charge in [-0.2, -0.15) is 5.06 Å². The van der Waals surface area contributed by atoms with Crippen molar-refractivity contribution in [2.45, 2.75) is 44.2 Å². The molecule has 3 aromatic rings. The van der Waals surface area contributed by atoms with Crippen molar-refractivity contribution in [2.75, 3.05) is 6.54 Å². The van der Waals surface area contributed by atoms with Crippen LogP contribution in [0.15, 0.2) is 104 Å². The van der Waals surface area contributed by atoms with Gasteiger partial charge in [0.15, 0.2) is 0 Å². The smallest absolute Gasteiger partial charge is 0.113 e. The molecule has 3 aromatic carbocycles. The van der Waals surface area contributed by atoms with Crippen LogP contribution in [0.25, 0.3) is 0 Å². The molecule has 4 atom stereocenters. The Morgan fingerprint density at radius 3 is 1.58 bits per heavy atom. The zero-order valence-corrected chi connectivity index (χ0v) is 18.7. The van der Waals surface area contributed by atoms with Crippen molar-refractivity contribution in [1.29, 1.82) is 0 Å². The van der Waals surface area contributed by atoms with Gasteiger partial charge in [-0.15, -0.1) is 6.58 Å². The van der Waals surface area contributed by atoms with Crippen LogP contribution < -0.4 is 0 Å². The standard InChI is InChI=1S/C28H31NO4/c1-2-25-27(32-20-23-14-8-4-9-15-23)28(33-21-24-16-10-5-11-17-24)26(18-29(25)30)31-19-22-12-6-3-7-13-22/h2-17,25-28,30H,1,18-21H2/t25-,26+,27-,28+/m0/s1. The van der Waals surface area contributed by atoms with Gasteiger partial charge in [0.2, 0.25) is 0 Å². The fourth-order valence-electron chi connectivity index (χ4n) is 4.10. The monoisotopic (exact) mass is 445 g/mol. The molecular formula is C28H31NO4. The summed E-state index contributed by atoms with van der Waals surface area (Å²) in [4.78, 5) is 0. The SMILES string of the molecule is C=C[C@H]1[C@H](OCc2ccccc2)[C@H](OCc2ccccc2)[C@H](OCc2ccccc2)CN1O. The largest absolute Gasteiger partial charge is 0.369 e. The highest BCUT2D eigenvalue weighted by Gasteiger charge is 2.44. The Kier molecular flexibility index (Phi) is 8.41. The normalized spacial score (nSPS) is 23.3. The van der Waals surface area contributed by atoms with E-state index in [9.17, 15) is 5.21 Å². The van der Waals surface area contributed by atoms with Crippen molar-refractivity contribution in [3.8, 4) is 0 Å². The van der Waals surface area contributed by atoms with Crippen LogP contribution in [0.1, 0.15) is 16.7 Å². The van der Waals surface area contributed by atoms with E-state index in [2.05, 4.69) is 6.58 Å². The fraction of sp³-hybridized carbons (Fsp3) is 0.286. The molecule has 1 aliphatic heterocycles. The molecule has 0 spiro atoms. The first-order valence-electron chi connectivity index (χ1n) is 11.3. The first-order valence-corrected chi connectivity index (χ1v) is 11.3. The highest BCUT2D eigenvalue weighted by Crippen LogP contribution is 2.28. The predicted molar refractivity (Wildman–Crippen MR) is 128 cm³/mol. The lowest BCUT2D eigenvalue weighted by atomic mass is 9.94. The number of rotatable bonds is 10. The molecule has 5 nitrogen and oxygen atoms in total. The van der Waals surface area contributed by atoms with E-state index in [1.807, 2.05) is 91.0 Å². The average molecular weight is 446 g/mol. The van der Waals surface area contributed by atoms with E-state index in [-0.39, 0.29) is 12.2 Å². The summed E-state index contributed by atoms with van der Waals surface area (Å²) in [7, 11) is 0. The topological polar surface area (TPSA) is 51.2 Å². The molecule has 1 N–H and O–H groups in total. The Morgan fingerprint density at radius 2 is 1.12 bits per heavy atom. The zero-order valence-electron chi connectivity index (χ0n) is 18.7. The van der Waals surface area contributed by atoms with Crippen LogP contribution >= 0.6 is 0 Å². The maximum Gasteiger partial charge on any atom is 0.113 e. The quantitative estimate of drug-likeness (QED) is 0.445. The molecule has 1 aliphatic rings. The van der Waals surface area contributed by atoms with Gasteiger partial charge >= 0.3 is 0 Å². The molecule has 33 heavy (non-hydrogen) atoms. The number of ether oxygens (including phenoxy) is 3. The van der Waals surface area contributed by atoms with E-state index >= 15 is 0 Å². The molecule has 5 heteroatoms. The highest BCUT2D eigenvalue weighted by molar-refractivity contribution is 5.16. The number of hydrogen-bond acceptors (Lipinski definition) is 5. The summed E-state index contributed by atoms with van der Waals surface area (Å²) in [6.45, 7) is 5.49. The Bertz CT molecular complexity index is 967. The van der Waals surface area contributed by atoms with E-state index in [1.165, 1.54) is 5.06 Å². The van der Waals surface area contributed by atoms with Crippen molar-refractivity contribution in [2.24, 2.45) is 0 Å². The van der Waals surface area contributed by atoms with E-state index in [1.54, 1.807) is 6.08 Å². The Balaban J connectivity index is 1.53. The Labute approximate surface area is 195 Å². The molecule has 1 fully saturated rings. The van der Waals surface area contributed by atoms with Crippen LogP contribution in [0, 0.1) is 0 Å². The minimum Gasteiger partial charge on any atom is -0.369 e. The van der Waals surface area contributed by atoms with Gasteiger partial charge in [-0.25, -0.2) is 0 Å². The number of hydrogen-bond donors (Lipinski definition) is 1. The van der Waals surface area contributed by atoms with Gasteiger partial charge in [0, 0.05) is 0 Å². The summed E-state index contributed by atoms with van der Waals surface area (Å²) < 4.78 is 19.0. The van der Waals surface area contributed by atoms with Crippen LogP contribution in [0.3, 0.4) is 0 Å². The van der Waals surface area contributed by atoms with E-state index < -0.39 is 12.1 Å². The molecule has 0 unspecified atom stereocenters. The van der Waals surface area contributed by atoms with Gasteiger partial charge in [0.1, 0.15) is 18.3 Å². The first-order chi connectivity index (χ1) is 16.2. The lowest BCUT2D eigenvalue weighted by Crippen LogP contribution is -2.61. The van der Waals surface area contributed by atoms with Crippen LogP contribution in [0.4, 0.5) is 0 Å². The highest BCUT2D eigenvalue weighted by atomic mass is 16.6. The lowest BCUT2D eigenvalue weighted by Gasteiger charge is -2.45. The zero-order chi connectivity index (χ0) is 22.9.